The van der Waals surface area contributed by atoms with Crippen LogP contribution in [0.5, 0.6) is 0 Å². The lowest BCUT2D eigenvalue weighted by Gasteiger charge is -2.11. The molecule has 20 heavy (non-hydrogen) atoms. The third-order valence-corrected chi connectivity index (χ3v) is 4.16. The molecular formula is C12H19N3O3S2. The number of methoxy groups -OCH3 is 1. The fourth-order valence-electron chi connectivity index (χ4n) is 1.43. The molecule has 0 atom stereocenters. The summed E-state index contributed by atoms with van der Waals surface area (Å²) in [7, 11) is -1.80. The van der Waals surface area contributed by atoms with Crippen LogP contribution in [0.15, 0.2) is 29.2 Å². The molecule has 1 rings (SSSR count). The molecule has 6 nitrogen and oxygen atoms in total. The van der Waals surface area contributed by atoms with Gasteiger partial charge in [-0.05, 0) is 36.5 Å². The van der Waals surface area contributed by atoms with Gasteiger partial charge in [-0.2, -0.15) is 0 Å². The predicted octanol–water partition coefficient (Wildman–Crippen LogP) is 0.918. The van der Waals surface area contributed by atoms with E-state index < -0.39 is 10.0 Å². The molecule has 0 aliphatic carbocycles. The summed E-state index contributed by atoms with van der Waals surface area (Å²) in [6.07, 6.45) is 0. The van der Waals surface area contributed by atoms with Crippen molar-refractivity contribution in [3.8, 4) is 0 Å². The molecule has 0 radical (unpaired) electrons. The third kappa shape index (κ3) is 5.41. The van der Waals surface area contributed by atoms with Crippen LogP contribution in [0.3, 0.4) is 0 Å². The Balaban J connectivity index is 2.61. The molecule has 0 spiro atoms. The lowest BCUT2D eigenvalue weighted by atomic mass is 10.3. The number of anilines is 1. The van der Waals surface area contributed by atoms with Gasteiger partial charge in [0, 0.05) is 25.9 Å². The first-order valence-electron chi connectivity index (χ1n) is 6.13. The molecule has 1 aromatic rings. The number of hydrogen-bond donors (Lipinski definition) is 3. The minimum atomic E-state index is -3.42. The van der Waals surface area contributed by atoms with Crippen molar-refractivity contribution >= 4 is 33.0 Å². The number of ether oxygens (including phenoxy) is 1. The fourth-order valence-corrected chi connectivity index (χ4v) is 2.69. The molecule has 0 saturated carbocycles. The fraction of sp³-hybridized carbons (Fsp3) is 0.417. The van der Waals surface area contributed by atoms with Crippen LogP contribution < -0.4 is 15.4 Å². The van der Waals surface area contributed by atoms with Crippen molar-refractivity contribution in [3.63, 3.8) is 0 Å². The molecule has 0 amide bonds. The highest BCUT2D eigenvalue weighted by molar-refractivity contribution is 7.89. The molecule has 3 N–H and O–H groups in total. The Hall–Kier alpha value is -1.22. The summed E-state index contributed by atoms with van der Waals surface area (Å²) in [5.74, 6) is 0. The van der Waals surface area contributed by atoms with Crippen LogP contribution in [0.1, 0.15) is 6.92 Å². The van der Waals surface area contributed by atoms with Crippen molar-refractivity contribution in [2.24, 2.45) is 0 Å². The summed E-state index contributed by atoms with van der Waals surface area (Å²) in [5.41, 5.74) is 0.718. The first-order chi connectivity index (χ1) is 9.49. The number of benzene rings is 1. The lowest BCUT2D eigenvalue weighted by molar-refractivity contribution is 0.204. The van der Waals surface area contributed by atoms with Crippen molar-refractivity contribution in [1.82, 2.24) is 10.0 Å². The van der Waals surface area contributed by atoms with E-state index in [1.165, 1.54) is 12.1 Å². The number of nitrogens with one attached hydrogen (secondary N) is 3. The molecule has 0 saturated heterocycles. The first-order valence-corrected chi connectivity index (χ1v) is 8.02. The molecule has 0 heterocycles. The number of rotatable bonds is 7. The summed E-state index contributed by atoms with van der Waals surface area (Å²) in [6, 6.07) is 6.37. The van der Waals surface area contributed by atoms with Gasteiger partial charge >= 0.3 is 0 Å². The average molecular weight is 317 g/mol. The van der Waals surface area contributed by atoms with Crippen molar-refractivity contribution in [3.05, 3.63) is 24.3 Å². The van der Waals surface area contributed by atoms with Gasteiger partial charge in [0.15, 0.2) is 5.11 Å². The van der Waals surface area contributed by atoms with Crippen LogP contribution in [0, 0.1) is 0 Å². The maximum atomic E-state index is 11.8. The van der Waals surface area contributed by atoms with Crippen LogP contribution in [-0.4, -0.2) is 40.3 Å². The zero-order valence-corrected chi connectivity index (χ0v) is 13.1. The minimum absolute atomic E-state index is 0.225. The SMILES string of the molecule is CCNS(=O)(=O)c1ccc(NC(=S)NCCOC)cc1. The summed E-state index contributed by atoms with van der Waals surface area (Å²) < 4.78 is 30.8. The van der Waals surface area contributed by atoms with E-state index in [0.29, 0.717) is 24.8 Å². The maximum absolute atomic E-state index is 11.8. The first kappa shape index (κ1) is 16.8. The summed E-state index contributed by atoms with van der Waals surface area (Å²) in [4.78, 5) is 0.225. The van der Waals surface area contributed by atoms with E-state index >= 15 is 0 Å². The van der Waals surface area contributed by atoms with Gasteiger partial charge in [0.05, 0.1) is 11.5 Å². The molecule has 112 valence electrons. The van der Waals surface area contributed by atoms with Gasteiger partial charge in [0.25, 0.3) is 0 Å². The molecule has 0 aliphatic heterocycles. The van der Waals surface area contributed by atoms with Gasteiger partial charge in [-0.15, -0.1) is 0 Å². The Morgan fingerprint density at radius 3 is 2.50 bits per heavy atom. The lowest BCUT2D eigenvalue weighted by Crippen LogP contribution is -2.31. The molecule has 0 unspecified atom stereocenters. The Bertz CT molecular complexity index is 529. The van der Waals surface area contributed by atoms with Crippen LogP contribution in [-0.2, 0) is 14.8 Å². The van der Waals surface area contributed by atoms with Crippen molar-refractivity contribution < 1.29 is 13.2 Å². The normalized spacial score (nSPS) is 11.1. The summed E-state index contributed by atoms with van der Waals surface area (Å²) >= 11 is 5.09. The number of hydrogen-bond acceptors (Lipinski definition) is 4. The zero-order valence-electron chi connectivity index (χ0n) is 11.5. The quantitative estimate of drug-likeness (QED) is 0.513. The molecule has 0 fully saturated rings. The largest absolute Gasteiger partial charge is 0.383 e. The second-order valence-corrected chi connectivity index (χ2v) is 6.07. The molecule has 8 heteroatoms. The van der Waals surface area contributed by atoms with E-state index in [-0.39, 0.29) is 4.90 Å². The van der Waals surface area contributed by atoms with Crippen molar-refractivity contribution in [2.75, 3.05) is 32.1 Å². The number of thiocarbonyl (C=S) groups is 1. The van der Waals surface area contributed by atoms with Crippen LogP contribution >= 0.6 is 12.2 Å². The topological polar surface area (TPSA) is 79.5 Å². The highest BCUT2D eigenvalue weighted by Crippen LogP contribution is 2.13. The van der Waals surface area contributed by atoms with Gasteiger partial charge in [0.2, 0.25) is 10.0 Å². The monoisotopic (exact) mass is 317 g/mol. The molecule has 0 bridgehead atoms. The van der Waals surface area contributed by atoms with E-state index in [4.69, 9.17) is 17.0 Å². The smallest absolute Gasteiger partial charge is 0.240 e. The minimum Gasteiger partial charge on any atom is -0.383 e. The molecule has 1 aromatic carbocycles. The van der Waals surface area contributed by atoms with Crippen molar-refractivity contribution in [2.45, 2.75) is 11.8 Å². The summed E-state index contributed by atoms with van der Waals surface area (Å²) in [6.45, 7) is 3.25. The van der Waals surface area contributed by atoms with Gasteiger partial charge in [0.1, 0.15) is 0 Å². The Morgan fingerprint density at radius 2 is 1.95 bits per heavy atom. The van der Waals surface area contributed by atoms with E-state index in [9.17, 15) is 8.42 Å². The highest BCUT2D eigenvalue weighted by atomic mass is 32.2. The second kappa shape index (κ2) is 8.15. The molecule has 0 aliphatic rings. The zero-order chi connectivity index (χ0) is 15.0. The molecular weight excluding hydrogens is 298 g/mol. The standard InChI is InChI=1S/C12H19N3O3S2/c1-3-14-20(16,17)11-6-4-10(5-7-11)15-12(19)13-8-9-18-2/h4-7,14H,3,8-9H2,1-2H3,(H2,13,15,19). The van der Waals surface area contributed by atoms with E-state index in [1.807, 2.05) is 0 Å². The predicted molar refractivity (Wildman–Crippen MR) is 83.4 cm³/mol. The van der Waals surface area contributed by atoms with Crippen LogP contribution in [0.2, 0.25) is 0 Å². The third-order valence-electron chi connectivity index (χ3n) is 2.35. The van der Waals surface area contributed by atoms with E-state index in [1.54, 1.807) is 26.2 Å². The highest BCUT2D eigenvalue weighted by Gasteiger charge is 2.11. The Labute approximate surface area is 125 Å². The van der Waals surface area contributed by atoms with Gasteiger partial charge in [-0.3, -0.25) is 0 Å². The maximum Gasteiger partial charge on any atom is 0.240 e. The van der Waals surface area contributed by atoms with Gasteiger partial charge in [-0.1, -0.05) is 6.92 Å². The van der Waals surface area contributed by atoms with Gasteiger partial charge in [-0.25, -0.2) is 13.1 Å². The van der Waals surface area contributed by atoms with Crippen LogP contribution in [0.4, 0.5) is 5.69 Å². The van der Waals surface area contributed by atoms with Crippen molar-refractivity contribution in [1.29, 1.82) is 0 Å². The van der Waals surface area contributed by atoms with E-state index in [0.717, 1.165) is 5.69 Å². The Morgan fingerprint density at radius 1 is 1.30 bits per heavy atom. The number of sulfonamides is 1. The summed E-state index contributed by atoms with van der Waals surface area (Å²) in [5, 5.41) is 6.39. The molecule has 0 aromatic heterocycles. The average Bonchev–Trinajstić information content (AvgIpc) is 2.39. The van der Waals surface area contributed by atoms with E-state index in [2.05, 4.69) is 15.4 Å². The Kier molecular flexibility index (Phi) is 6.86. The van der Waals surface area contributed by atoms with Crippen LogP contribution in [0.25, 0.3) is 0 Å². The van der Waals surface area contributed by atoms with Gasteiger partial charge < -0.3 is 15.4 Å². The second-order valence-electron chi connectivity index (χ2n) is 3.90.